The molecule has 4 rings (SSSR count). The van der Waals surface area contributed by atoms with Crippen molar-refractivity contribution in [3.8, 4) is 0 Å². The fraction of sp³-hybridized carbons (Fsp3) is 0.235. The molecule has 0 spiro atoms. The van der Waals surface area contributed by atoms with Crippen LogP contribution in [0, 0.1) is 0 Å². The van der Waals surface area contributed by atoms with Gasteiger partial charge in [-0.05, 0) is 18.6 Å². The predicted octanol–water partition coefficient (Wildman–Crippen LogP) is 2.01. The molecule has 0 saturated heterocycles. The first kappa shape index (κ1) is 14.5. The van der Waals surface area contributed by atoms with E-state index >= 15 is 0 Å². The van der Waals surface area contributed by atoms with Gasteiger partial charge in [0.25, 0.3) is 0 Å². The molecule has 0 aliphatic carbocycles. The molecular formula is C17H18N6O. The van der Waals surface area contributed by atoms with Crippen LogP contribution in [0.25, 0.3) is 11.0 Å². The summed E-state index contributed by atoms with van der Waals surface area (Å²) in [5.74, 6) is 0.939. The van der Waals surface area contributed by atoms with Crippen molar-refractivity contribution < 1.29 is 4.42 Å². The number of rotatable bonds is 3. The van der Waals surface area contributed by atoms with Gasteiger partial charge in [-0.2, -0.15) is 0 Å². The minimum Gasteiger partial charge on any atom is -0.444 e. The summed E-state index contributed by atoms with van der Waals surface area (Å²) in [7, 11) is 1.99. The molecule has 0 bridgehead atoms. The lowest BCUT2D eigenvalue weighted by Crippen LogP contribution is -2.39. The molecule has 2 N–H and O–H groups in total. The first-order valence-electron chi connectivity index (χ1n) is 7.74. The molecule has 0 fully saturated rings. The van der Waals surface area contributed by atoms with E-state index in [9.17, 15) is 0 Å². The number of aliphatic imine (C=N–C) groups is 1. The van der Waals surface area contributed by atoms with Crippen LogP contribution in [-0.4, -0.2) is 31.2 Å². The minimum absolute atomic E-state index is 0.00471. The first-order valence-corrected chi connectivity index (χ1v) is 7.74. The number of aromatic nitrogens is 3. The van der Waals surface area contributed by atoms with E-state index in [0.29, 0.717) is 18.3 Å². The minimum atomic E-state index is -0.00471. The van der Waals surface area contributed by atoms with Crippen LogP contribution in [0.3, 0.4) is 0 Å². The Labute approximate surface area is 139 Å². The van der Waals surface area contributed by atoms with E-state index < -0.39 is 0 Å². The van der Waals surface area contributed by atoms with Crippen molar-refractivity contribution in [2.24, 2.45) is 17.8 Å². The average Bonchev–Trinajstić information content (AvgIpc) is 3.22. The first-order chi connectivity index (χ1) is 11.6. The molecule has 3 aromatic rings. The highest BCUT2D eigenvalue weighted by Crippen LogP contribution is 2.23. The smallest absolute Gasteiger partial charge is 0.242 e. The van der Waals surface area contributed by atoms with Crippen LogP contribution in [0.4, 0.5) is 0 Å². The van der Waals surface area contributed by atoms with Crippen molar-refractivity contribution in [2.75, 3.05) is 0 Å². The van der Waals surface area contributed by atoms with Crippen LogP contribution >= 0.6 is 0 Å². The summed E-state index contributed by atoms with van der Waals surface area (Å²) < 4.78 is 7.41. The maximum absolute atomic E-state index is 6.00. The van der Waals surface area contributed by atoms with Gasteiger partial charge in [0, 0.05) is 19.8 Å². The van der Waals surface area contributed by atoms with E-state index in [-0.39, 0.29) is 6.04 Å². The lowest BCUT2D eigenvalue weighted by molar-refractivity contribution is 0.333. The number of imidazole rings is 1. The maximum Gasteiger partial charge on any atom is 0.242 e. The lowest BCUT2D eigenvalue weighted by Gasteiger charge is -2.31. The number of nitrogens with two attached hydrogens (primary N) is 1. The summed E-state index contributed by atoms with van der Waals surface area (Å²) in [5, 5.41) is 0. The molecule has 1 aromatic carbocycles. The molecule has 3 heterocycles. The van der Waals surface area contributed by atoms with Crippen LogP contribution in [0.15, 0.2) is 58.4 Å². The largest absolute Gasteiger partial charge is 0.444 e. The number of nitrogens with zero attached hydrogens (tertiary/aromatic N) is 5. The van der Waals surface area contributed by atoms with Crippen LogP contribution < -0.4 is 5.73 Å². The molecular weight excluding hydrogens is 304 g/mol. The molecule has 7 heteroatoms. The van der Waals surface area contributed by atoms with E-state index in [4.69, 9.17) is 10.2 Å². The molecule has 24 heavy (non-hydrogen) atoms. The van der Waals surface area contributed by atoms with Crippen molar-refractivity contribution in [2.45, 2.75) is 19.5 Å². The quantitative estimate of drug-likeness (QED) is 0.797. The van der Waals surface area contributed by atoms with Crippen LogP contribution in [0.5, 0.6) is 0 Å². The summed E-state index contributed by atoms with van der Waals surface area (Å²) in [6.07, 6.45) is 6.84. The molecule has 1 aliphatic rings. The Bertz CT molecular complexity index is 937. The Kier molecular flexibility index (Phi) is 3.34. The van der Waals surface area contributed by atoms with Crippen LogP contribution in [0.2, 0.25) is 0 Å². The highest BCUT2D eigenvalue weighted by atomic mass is 16.3. The summed E-state index contributed by atoms with van der Waals surface area (Å²) in [5.41, 5.74) is 9.97. The molecule has 1 aliphatic heterocycles. The number of oxazole rings is 1. The van der Waals surface area contributed by atoms with Crippen molar-refractivity contribution in [3.63, 3.8) is 0 Å². The van der Waals surface area contributed by atoms with E-state index in [1.807, 2.05) is 30.2 Å². The summed E-state index contributed by atoms with van der Waals surface area (Å²) in [4.78, 5) is 15.2. The molecule has 2 aromatic heterocycles. The molecule has 1 atom stereocenters. The lowest BCUT2D eigenvalue weighted by atomic mass is 10.1. The Morgan fingerprint density at radius 2 is 2.17 bits per heavy atom. The zero-order valence-electron chi connectivity index (χ0n) is 13.5. The Balaban J connectivity index is 1.68. The molecule has 0 saturated carbocycles. The molecule has 1 unspecified atom stereocenters. The maximum atomic E-state index is 6.00. The van der Waals surface area contributed by atoms with Gasteiger partial charge in [-0.15, -0.1) is 0 Å². The number of aryl methyl sites for hydroxylation is 1. The molecule has 0 radical (unpaired) electrons. The van der Waals surface area contributed by atoms with Crippen molar-refractivity contribution in [1.29, 1.82) is 0 Å². The number of hydrogen-bond donors (Lipinski definition) is 1. The van der Waals surface area contributed by atoms with E-state index in [1.165, 1.54) is 6.26 Å². The van der Waals surface area contributed by atoms with Gasteiger partial charge in [0.1, 0.15) is 17.8 Å². The van der Waals surface area contributed by atoms with Crippen molar-refractivity contribution in [3.05, 3.63) is 60.5 Å². The third-order valence-electron chi connectivity index (χ3n) is 4.28. The predicted molar refractivity (Wildman–Crippen MR) is 91.0 cm³/mol. The summed E-state index contributed by atoms with van der Waals surface area (Å²) >= 11 is 0. The van der Waals surface area contributed by atoms with Gasteiger partial charge >= 0.3 is 0 Å². The number of fused-ring (bicyclic) bond motifs is 1. The van der Waals surface area contributed by atoms with E-state index in [1.54, 1.807) is 6.20 Å². The Morgan fingerprint density at radius 1 is 1.29 bits per heavy atom. The van der Waals surface area contributed by atoms with E-state index in [0.717, 1.165) is 22.3 Å². The van der Waals surface area contributed by atoms with Gasteiger partial charge in [0.15, 0.2) is 0 Å². The second-order valence-corrected chi connectivity index (χ2v) is 5.88. The standard InChI is InChI=1S/C17H18N6O/c1-11-15(17-19-6-7-24-17)21-14(18)9-23(11)8-12-4-3-5-13-16(12)20-10-22(13)2/h3-7,9-11H,8,18H2,1-2H3. The van der Waals surface area contributed by atoms with Gasteiger partial charge in [0.2, 0.25) is 5.89 Å². The van der Waals surface area contributed by atoms with E-state index in [2.05, 4.69) is 38.9 Å². The fourth-order valence-corrected chi connectivity index (χ4v) is 3.00. The van der Waals surface area contributed by atoms with Crippen molar-refractivity contribution in [1.82, 2.24) is 19.4 Å². The fourth-order valence-electron chi connectivity index (χ4n) is 3.00. The monoisotopic (exact) mass is 322 g/mol. The normalized spacial score (nSPS) is 17.9. The van der Waals surface area contributed by atoms with Gasteiger partial charge in [-0.1, -0.05) is 12.1 Å². The van der Waals surface area contributed by atoms with Gasteiger partial charge in [0.05, 0.1) is 29.6 Å². The van der Waals surface area contributed by atoms with Gasteiger partial charge in [-0.3, -0.25) is 0 Å². The van der Waals surface area contributed by atoms with Crippen LogP contribution in [-0.2, 0) is 13.6 Å². The third kappa shape index (κ3) is 2.34. The average molecular weight is 322 g/mol. The zero-order chi connectivity index (χ0) is 16.7. The second-order valence-electron chi connectivity index (χ2n) is 5.88. The summed E-state index contributed by atoms with van der Waals surface area (Å²) in [6.45, 7) is 2.74. The zero-order valence-corrected chi connectivity index (χ0v) is 13.5. The topological polar surface area (TPSA) is 85.5 Å². The van der Waals surface area contributed by atoms with Crippen LogP contribution in [0.1, 0.15) is 18.4 Å². The number of para-hydroxylation sites is 1. The molecule has 122 valence electrons. The Hall–Kier alpha value is -3.09. The molecule has 7 nitrogen and oxygen atoms in total. The Morgan fingerprint density at radius 3 is 2.96 bits per heavy atom. The highest BCUT2D eigenvalue weighted by Gasteiger charge is 2.26. The number of benzene rings is 1. The number of hydrogen-bond acceptors (Lipinski definition) is 6. The van der Waals surface area contributed by atoms with Gasteiger partial charge < -0.3 is 19.6 Å². The highest BCUT2D eigenvalue weighted by molar-refractivity contribution is 6.01. The molecule has 0 amide bonds. The van der Waals surface area contributed by atoms with Gasteiger partial charge in [-0.25, -0.2) is 15.0 Å². The van der Waals surface area contributed by atoms with Crippen molar-refractivity contribution >= 4 is 16.7 Å². The summed E-state index contributed by atoms with van der Waals surface area (Å²) in [6, 6.07) is 6.19. The SMILES string of the molecule is CC1C(c2ncco2)=NC(N)=CN1Cc1cccc2c1ncn2C. The third-order valence-corrected chi connectivity index (χ3v) is 4.28. The second kappa shape index (κ2) is 5.52.